The number of halogens is 1. The topological polar surface area (TPSA) is 17.1 Å². The van der Waals surface area contributed by atoms with Crippen LogP contribution in [-0.4, -0.2) is 43.0 Å². The van der Waals surface area contributed by atoms with Crippen LogP contribution >= 0.6 is 11.6 Å². The van der Waals surface area contributed by atoms with E-state index in [1.165, 1.54) is 6.92 Å². The van der Waals surface area contributed by atoms with Crippen molar-refractivity contribution in [2.24, 2.45) is 0 Å². The molecule has 3 heteroatoms. The maximum absolute atomic E-state index is 9.21. The molecular weight excluding hydrogens is 116 g/mol. The normalized spacial score (nSPS) is 5.20. The average molecular weight is 121 g/mol. The summed E-state index contributed by atoms with van der Waals surface area (Å²) >= 11 is 4.64. The van der Waals surface area contributed by atoms with Crippen LogP contribution in [0.2, 0.25) is 0 Å². The molecule has 0 aromatic carbocycles. The Labute approximate surface area is 65.7 Å². The van der Waals surface area contributed by atoms with Crippen LogP contribution < -0.4 is 0 Å². The van der Waals surface area contributed by atoms with Gasteiger partial charge >= 0.3 is 37.7 Å². The minimum absolute atomic E-state index is 0. The summed E-state index contributed by atoms with van der Waals surface area (Å²) in [6.07, 6.45) is 0. The number of rotatable bonds is 0. The van der Waals surface area contributed by atoms with E-state index in [9.17, 15) is 4.79 Å². The third-order valence-electron chi connectivity index (χ3n) is 0. The molecule has 0 amide bonds. The Morgan fingerprint density at radius 1 is 1.80 bits per heavy atom. The number of carbonyl (C=O) groups excluding carboxylic acids is 1. The summed E-state index contributed by atoms with van der Waals surface area (Å²) in [6, 6.07) is 0. The van der Waals surface area contributed by atoms with Crippen LogP contribution in [0.15, 0.2) is 0 Å². The fourth-order valence-corrected chi connectivity index (χ4v) is 0. The summed E-state index contributed by atoms with van der Waals surface area (Å²) in [5.41, 5.74) is 0. The molecule has 0 aliphatic carbocycles. The maximum atomic E-state index is 9.21. The second-order valence-corrected chi connectivity index (χ2v) is 1.00. The van der Waals surface area contributed by atoms with Gasteiger partial charge in [-0.25, -0.2) is 0 Å². The zero-order valence-corrected chi connectivity index (χ0v) is 3.04. The third kappa shape index (κ3) is 36.4. The molecule has 5 heavy (non-hydrogen) atoms. The van der Waals surface area contributed by atoms with Gasteiger partial charge in [0.25, 0.3) is 0 Å². The van der Waals surface area contributed by atoms with Crippen molar-refractivity contribution in [2.45, 2.75) is 6.92 Å². The average Bonchev–Trinajstić information content (AvgIpc) is 0.811. The first-order valence-corrected chi connectivity index (χ1v) is 1.27. The van der Waals surface area contributed by atoms with Crippen molar-refractivity contribution in [2.75, 3.05) is 0 Å². The van der Waals surface area contributed by atoms with Gasteiger partial charge in [0, 0.05) is 6.92 Å². The van der Waals surface area contributed by atoms with Gasteiger partial charge in [0.15, 0.2) is 0 Å². The summed E-state index contributed by atoms with van der Waals surface area (Å²) in [5.74, 6) is 0. The van der Waals surface area contributed by atoms with E-state index in [4.69, 9.17) is 0 Å². The Kier molecular flexibility index (Phi) is 9.94. The van der Waals surface area contributed by atoms with E-state index in [0.29, 0.717) is 0 Å². The molecular formula is C2H5CaClO. The zero-order valence-electron chi connectivity index (χ0n) is 2.29. The van der Waals surface area contributed by atoms with E-state index in [1.807, 2.05) is 0 Å². The molecule has 0 unspecified atom stereocenters. The molecule has 0 aliphatic rings. The van der Waals surface area contributed by atoms with Gasteiger partial charge in [0.2, 0.25) is 5.24 Å². The van der Waals surface area contributed by atoms with Crippen molar-refractivity contribution >= 4 is 54.6 Å². The fraction of sp³-hybridized carbons (Fsp3) is 0.500. The predicted molar refractivity (Wildman–Crippen MR) is 25.1 cm³/mol. The molecule has 0 aromatic heterocycles. The van der Waals surface area contributed by atoms with Crippen LogP contribution in [0.1, 0.15) is 6.92 Å². The van der Waals surface area contributed by atoms with Crippen LogP contribution in [0.5, 0.6) is 0 Å². The van der Waals surface area contributed by atoms with Crippen LogP contribution in [0.4, 0.5) is 0 Å². The van der Waals surface area contributed by atoms with Gasteiger partial charge in [-0.3, -0.25) is 4.79 Å². The molecule has 0 radical (unpaired) electrons. The number of hydrogen-bond acceptors (Lipinski definition) is 1. The summed E-state index contributed by atoms with van der Waals surface area (Å²) < 4.78 is 0. The molecule has 0 spiro atoms. The van der Waals surface area contributed by atoms with E-state index in [1.54, 1.807) is 0 Å². The van der Waals surface area contributed by atoms with Crippen molar-refractivity contribution < 1.29 is 4.79 Å². The van der Waals surface area contributed by atoms with Gasteiger partial charge < -0.3 is 0 Å². The van der Waals surface area contributed by atoms with Gasteiger partial charge in [-0.2, -0.15) is 0 Å². The number of carbonyl (C=O) groups is 1. The van der Waals surface area contributed by atoms with E-state index in [-0.39, 0.29) is 43.0 Å². The zero-order chi connectivity index (χ0) is 3.58. The van der Waals surface area contributed by atoms with E-state index < -0.39 is 0 Å². The van der Waals surface area contributed by atoms with Crippen LogP contribution in [0.25, 0.3) is 0 Å². The summed E-state index contributed by atoms with van der Waals surface area (Å²) in [6.45, 7) is 1.29. The van der Waals surface area contributed by atoms with Crippen LogP contribution in [-0.2, 0) is 4.79 Å². The van der Waals surface area contributed by atoms with Crippen molar-refractivity contribution in [1.29, 1.82) is 0 Å². The Bertz CT molecular complexity index is 32.6. The molecule has 0 fully saturated rings. The molecule has 28 valence electrons. The molecule has 0 aliphatic heterocycles. The molecule has 0 atom stereocenters. The van der Waals surface area contributed by atoms with Gasteiger partial charge in [-0.05, 0) is 11.6 Å². The standard InChI is InChI=1S/C2H3ClO.Ca.2H/c1-2(3)4;;;/h1H3;;;. The minimum atomic E-state index is -0.361. The molecule has 0 saturated heterocycles. The molecule has 0 saturated carbocycles. The summed E-state index contributed by atoms with van der Waals surface area (Å²) in [5, 5.41) is -0.361. The molecule has 0 heterocycles. The second-order valence-electron chi connectivity index (χ2n) is 0.470. The Balaban J connectivity index is 0. The Hall–Kier alpha value is 1.22. The fourth-order valence-electron chi connectivity index (χ4n) is 0. The molecule has 1 nitrogen and oxygen atoms in total. The molecule has 0 rings (SSSR count). The van der Waals surface area contributed by atoms with Crippen LogP contribution in [0, 0.1) is 0 Å². The van der Waals surface area contributed by atoms with Crippen molar-refractivity contribution in [3.63, 3.8) is 0 Å². The molecule has 0 aromatic rings. The SMILES string of the molecule is CC(=O)Cl.[CaH2]. The van der Waals surface area contributed by atoms with Crippen molar-refractivity contribution in [3.8, 4) is 0 Å². The van der Waals surface area contributed by atoms with Crippen molar-refractivity contribution in [3.05, 3.63) is 0 Å². The van der Waals surface area contributed by atoms with Gasteiger partial charge in [-0.1, -0.05) is 0 Å². The Morgan fingerprint density at radius 3 is 1.80 bits per heavy atom. The van der Waals surface area contributed by atoms with Gasteiger partial charge in [0.05, 0.1) is 0 Å². The Morgan fingerprint density at radius 2 is 1.80 bits per heavy atom. The molecule has 0 bridgehead atoms. The quantitative estimate of drug-likeness (QED) is 0.321. The van der Waals surface area contributed by atoms with Crippen LogP contribution in [0.3, 0.4) is 0 Å². The first kappa shape index (κ1) is 9.52. The van der Waals surface area contributed by atoms with E-state index >= 15 is 0 Å². The first-order chi connectivity index (χ1) is 1.73. The summed E-state index contributed by atoms with van der Waals surface area (Å²) in [4.78, 5) is 9.21. The van der Waals surface area contributed by atoms with Crippen molar-refractivity contribution in [1.82, 2.24) is 0 Å². The van der Waals surface area contributed by atoms with Gasteiger partial charge in [-0.15, -0.1) is 0 Å². The van der Waals surface area contributed by atoms with E-state index in [2.05, 4.69) is 11.6 Å². The second kappa shape index (κ2) is 5.22. The monoisotopic (exact) mass is 120 g/mol. The third-order valence-corrected chi connectivity index (χ3v) is 0. The van der Waals surface area contributed by atoms with E-state index in [0.717, 1.165) is 0 Å². The summed E-state index contributed by atoms with van der Waals surface area (Å²) in [7, 11) is 0. The molecule has 0 N–H and O–H groups in total. The number of hydrogen-bond donors (Lipinski definition) is 0. The first-order valence-electron chi connectivity index (χ1n) is 0.893. The van der Waals surface area contributed by atoms with Gasteiger partial charge in [0.1, 0.15) is 0 Å². The predicted octanol–water partition coefficient (Wildman–Crippen LogP) is -0.145.